The van der Waals surface area contributed by atoms with Crippen LogP contribution in [0.15, 0.2) is 35.5 Å². The third-order valence-electron chi connectivity index (χ3n) is 1.64. The standard InChI is InChI=1S/C12H17N/c1-11(2)7-6-9-12(3)8-4-5-10-13/h4-5,7-8H,6,9H2,1-3H3/b5-4+,12-8+. The van der Waals surface area contributed by atoms with Crippen molar-refractivity contribution in [3.8, 4) is 6.07 Å². The highest BCUT2D eigenvalue weighted by molar-refractivity contribution is 5.16. The van der Waals surface area contributed by atoms with E-state index in [4.69, 9.17) is 5.26 Å². The Kier molecular flexibility index (Phi) is 6.63. The molecule has 0 rings (SSSR count). The van der Waals surface area contributed by atoms with Crippen LogP contribution >= 0.6 is 0 Å². The molecule has 0 spiro atoms. The summed E-state index contributed by atoms with van der Waals surface area (Å²) in [5.74, 6) is 0. The van der Waals surface area contributed by atoms with Gasteiger partial charge >= 0.3 is 0 Å². The first-order chi connectivity index (χ1) is 6.16. The third-order valence-corrected chi connectivity index (χ3v) is 1.64. The molecule has 0 fully saturated rings. The normalized spacial score (nSPS) is 11.4. The molecule has 0 saturated heterocycles. The average molecular weight is 175 g/mol. The number of hydrogen-bond donors (Lipinski definition) is 0. The molecular formula is C12H17N. The van der Waals surface area contributed by atoms with E-state index >= 15 is 0 Å². The molecule has 0 bridgehead atoms. The molecule has 1 heteroatoms. The van der Waals surface area contributed by atoms with Gasteiger partial charge in [-0.15, -0.1) is 0 Å². The molecule has 0 aliphatic rings. The first-order valence-electron chi connectivity index (χ1n) is 4.52. The molecule has 0 heterocycles. The lowest BCUT2D eigenvalue weighted by molar-refractivity contribution is 0.967. The van der Waals surface area contributed by atoms with Crippen molar-refractivity contribution in [1.29, 1.82) is 5.26 Å². The van der Waals surface area contributed by atoms with Crippen LogP contribution in [0, 0.1) is 11.3 Å². The van der Waals surface area contributed by atoms with Gasteiger partial charge in [0.1, 0.15) is 0 Å². The molecule has 0 amide bonds. The average Bonchev–Trinajstić information content (AvgIpc) is 2.04. The summed E-state index contributed by atoms with van der Waals surface area (Å²) in [6.45, 7) is 6.30. The van der Waals surface area contributed by atoms with E-state index in [-0.39, 0.29) is 0 Å². The molecule has 0 N–H and O–H groups in total. The molecule has 0 aliphatic heterocycles. The molecule has 0 aromatic carbocycles. The van der Waals surface area contributed by atoms with E-state index in [2.05, 4.69) is 26.8 Å². The lowest BCUT2D eigenvalue weighted by atomic mass is 10.1. The number of nitrogens with zero attached hydrogens (tertiary/aromatic N) is 1. The molecule has 0 aromatic heterocycles. The third kappa shape index (κ3) is 8.62. The van der Waals surface area contributed by atoms with E-state index in [0.717, 1.165) is 12.8 Å². The Bertz CT molecular complexity index is 257. The monoisotopic (exact) mass is 175 g/mol. The van der Waals surface area contributed by atoms with Gasteiger partial charge in [-0.1, -0.05) is 29.4 Å². The van der Waals surface area contributed by atoms with E-state index < -0.39 is 0 Å². The predicted molar refractivity (Wildman–Crippen MR) is 57.2 cm³/mol. The van der Waals surface area contributed by atoms with Crippen LogP contribution in [-0.2, 0) is 0 Å². The van der Waals surface area contributed by atoms with Crippen LogP contribution in [0.1, 0.15) is 33.6 Å². The number of nitriles is 1. The molecule has 0 aliphatic carbocycles. The zero-order valence-corrected chi connectivity index (χ0v) is 8.67. The van der Waals surface area contributed by atoms with Crippen molar-refractivity contribution in [1.82, 2.24) is 0 Å². The maximum absolute atomic E-state index is 8.25. The Hall–Kier alpha value is -1.29. The van der Waals surface area contributed by atoms with E-state index in [1.54, 1.807) is 6.08 Å². The number of rotatable bonds is 4. The van der Waals surface area contributed by atoms with Crippen molar-refractivity contribution in [2.24, 2.45) is 0 Å². The van der Waals surface area contributed by atoms with Crippen molar-refractivity contribution in [2.75, 3.05) is 0 Å². The summed E-state index contributed by atoms with van der Waals surface area (Å²) in [7, 11) is 0. The van der Waals surface area contributed by atoms with Crippen molar-refractivity contribution < 1.29 is 0 Å². The summed E-state index contributed by atoms with van der Waals surface area (Å²) < 4.78 is 0. The van der Waals surface area contributed by atoms with Gasteiger partial charge in [0.2, 0.25) is 0 Å². The minimum atomic E-state index is 1.07. The van der Waals surface area contributed by atoms with Crippen LogP contribution in [0.25, 0.3) is 0 Å². The Morgan fingerprint density at radius 3 is 2.54 bits per heavy atom. The van der Waals surface area contributed by atoms with Gasteiger partial charge in [0.15, 0.2) is 0 Å². The quantitative estimate of drug-likeness (QED) is 0.362. The van der Waals surface area contributed by atoms with Gasteiger partial charge in [-0.3, -0.25) is 0 Å². The van der Waals surface area contributed by atoms with Crippen LogP contribution in [0.3, 0.4) is 0 Å². The fraction of sp³-hybridized carbons (Fsp3) is 0.417. The smallest absolute Gasteiger partial charge is 0.0912 e. The molecule has 70 valence electrons. The topological polar surface area (TPSA) is 23.8 Å². The van der Waals surface area contributed by atoms with Crippen LogP contribution < -0.4 is 0 Å². The Morgan fingerprint density at radius 1 is 1.31 bits per heavy atom. The fourth-order valence-electron chi connectivity index (χ4n) is 0.927. The number of allylic oxidation sites excluding steroid dienone is 6. The molecule has 0 unspecified atom stereocenters. The highest BCUT2D eigenvalue weighted by Gasteiger charge is 1.86. The van der Waals surface area contributed by atoms with Crippen molar-refractivity contribution in [3.05, 3.63) is 35.5 Å². The Balaban J connectivity index is 3.82. The SMILES string of the molecule is CC(C)=CCC/C(C)=C/C=C/C#N. The maximum Gasteiger partial charge on any atom is 0.0912 e. The largest absolute Gasteiger partial charge is 0.193 e. The first kappa shape index (κ1) is 11.7. The van der Waals surface area contributed by atoms with Crippen molar-refractivity contribution in [2.45, 2.75) is 33.6 Å². The second kappa shape index (κ2) is 7.36. The highest BCUT2D eigenvalue weighted by atomic mass is 14.2. The molecule has 0 saturated carbocycles. The van der Waals surface area contributed by atoms with E-state index in [0.29, 0.717) is 0 Å². The Morgan fingerprint density at radius 2 is 2.00 bits per heavy atom. The molecule has 0 aromatic rings. The van der Waals surface area contributed by atoms with Crippen LogP contribution in [-0.4, -0.2) is 0 Å². The van der Waals surface area contributed by atoms with Crippen LogP contribution in [0.5, 0.6) is 0 Å². The minimum absolute atomic E-state index is 1.07. The molecule has 13 heavy (non-hydrogen) atoms. The summed E-state index contributed by atoms with van der Waals surface area (Å²) in [4.78, 5) is 0. The Labute approximate surface area is 81.1 Å². The van der Waals surface area contributed by atoms with Gasteiger partial charge < -0.3 is 0 Å². The lowest BCUT2D eigenvalue weighted by Gasteiger charge is -1.95. The fourth-order valence-corrected chi connectivity index (χ4v) is 0.927. The van der Waals surface area contributed by atoms with Gasteiger partial charge in [0.05, 0.1) is 6.07 Å². The minimum Gasteiger partial charge on any atom is -0.193 e. The molecule has 1 nitrogen and oxygen atoms in total. The van der Waals surface area contributed by atoms with Crippen molar-refractivity contribution >= 4 is 0 Å². The summed E-state index contributed by atoms with van der Waals surface area (Å²) in [5, 5.41) is 8.25. The zero-order chi connectivity index (χ0) is 10.1. The molecule has 0 radical (unpaired) electrons. The van der Waals surface area contributed by atoms with E-state index in [9.17, 15) is 0 Å². The van der Waals surface area contributed by atoms with E-state index in [1.807, 2.05) is 12.1 Å². The van der Waals surface area contributed by atoms with Gasteiger partial charge in [0, 0.05) is 6.08 Å². The maximum atomic E-state index is 8.25. The summed E-state index contributed by atoms with van der Waals surface area (Å²) in [6.07, 6.45) is 9.65. The lowest BCUT2D eigenvalue weighted by Crippen LogP contribution is -1.75. The number of hydrogen-bond acceptors (Lipinski definition) is 1. The van der Waals surface area contributed by atoms with Gasteiger partial charge in [-0.25, -0.2) is 0 Å². The van der Waals surface area contributed by atoms with Crippen molar-refractivity contribution in [3.63, 3.8) is 0 Å². The van der Waals surface area contributed by atoms with Gasteiger partial charge in [-0.05, 0) is 33.6 Å². The highest BCUT2D eigenvalue weighted by Crippen LogP contribution is 2.06. The van der Waals surface area contributed by atoms with Gasteiger partial charge in [-0.2, -0.15) is 5.26 Å². The summed E-state index contributed by atoms with van der Waals surface area (Å²) in [5.41, 5.74) is 2.67. The van der Waals surface area contributed by atoms with Crippen LogP contribution in [0.4, 0.5) is 0 Å². The summed E-state index contributed by atoms with van der Waals surface area (Å²) >= 11 is 0. The summed E-state index contributed by atoms with van der Waals surface area (Å²) in [6, 6.07) is 1.96. The van der Waals surface area contributed by atoms with Gasteiger partial charge in [0.25, 0.3) is 0 Å². The first-order valence-corrected chi connectivity index (χ1v) is 4.52. The second-order valence-electron chi connectivity index (χ2n) is 3.32. The van der Waals surface area contributed by atoms with Crippen LogP contribution in [0.2, 0.25) is 0 Å². The molecule has 0 atom stereocenters. The zero-order valence-electron chi connectivity index (χ0n) is 8.67. The van der Waals surface area contributed by atoms with E-state index in [1.165, 1.54) is 17.2 Å². The second-order valence-corrected chi connectivity index (χ2v) is 3.32. The predicted octanol–water partition coefficient (Wildman–Crippen LogP) is 3.76. The molecular weight excluding hydrogens is 158 g/mol.